The molecule has 8 heteroatoms. The zero-order valence-electron chi connectivity index (χ0n) is 17.1. The minimum Gasteiger partial charge on any atom is -0.350 e. The Labute approximate surface area is 169 Å². The summed E-state index contributed by atoms with van der Waals surface area (Å²) in [5.74, 6) is 0.694. The summed E-state index contributed by atoms with van der Waals surface area (Å²) < 4.78 is 3.70. The maximum absolute atomic E-state index is 4.69. The van der Waals surface area contributed by atoms with E-state index >= 15 is 0 Å². The van der Waals surface area contributed by atoms with Crippen LogP contribution in [0.5, 0.6) is 0 Å². The fourth-order valence-electron chi connectivity index (χ4n) is 4.33. The van der Waals surface area contributed by atoms with E-state index < -0.39 is 0 Å². The molecule has 0 atom stereocenters. The molecule has 150 valence electrons. The van der Waals surface area contributed by atoms with Crippen LogP contribution in [0.2, 0.25) is 0 Å². The number of hydrogen-bond donors (Lipinski definition) is 1. The Morgan fingerprint density at radius 1 is 1.07 bits per heavy atom. The first-order valence-corrected chi connectivity index (χ1v) is 10.2. The summed E-state index contributed by atoms with van der Waals surface area (Å²) in [6.07, 6.45) is 8.63. The summed E-state index contributed by atoms with van der Waals surface area (Å²) in [5, 5.41) is 16.5. The average Bonchev–Trinajstić information content (AvgIpc) is 3.31. The smallest absolute Gasteiger partial charge is 0.241 e. The molecule has 0 aliphatic heterocycles. The molecule has 0 amide bonds. The maximum atomic E-state index is 4.69. The van der Waals surface area contributed by atoms with Crippen LogP contribution in [0.1, 0.15) is 25.7 Å². The van der Waals surface area contributed by atoms with Crippen molar-refractivity contribution in [1.82, 2.24) is 34.5 Å². The molecule has 0 radical (unpaired) electrons. The van der Waals surface area contributed by atoms with Crippen molar-refractivity contribution in [2.45, 2.75) is 37.8 Å². The molecule has 3 heterocycles. The zero-order chi connectivity index (χ0) is 20.0. The Bertz CT molecular complexity index is 1150. The van der Waals surface area contributed by atoms with Crippen LogP contribution in [0.25, 0.3) is 27.7 Å². The van der Waals surface area contributed by atoms with E-state index in [2.05, 4.69) is 57.8 Å². The largest absolute Gasteiger partial charge is 0.350 e. The Morgan fingerprint density at radius 3 is 2.69 bits per heavy atom. The van der Waals surface area contributed by atoms with Gasteiger partial charge in [-0.15, -0.1) is 10.2 Å². The van der Waals surface area contributed by atoms with Crippen molar-refractivity contribution in [2.24, 2.45) is 7.05 Å². The number of hydrogen-bond acceptors (Lipinski definition) is 6. The monoisotopic (exact) mass is 390 g/mol. The van der Waals surface area contributed by atoms with E-state index in [-0.39, 0.29) is 0 Å². The predicted octanol–water partition coefficient (Wildman–Crippen LogP) is 2.96. The van der Waals surface area contributed by atoms with Gasteiger partial charge in [0.1, 0.15) is 5.52 Å². The molecule has 1 fully saturated rings. The van der Waals surface area contributed by atoms with Gasteiger partial charge in [-0.25, -0.2) is 14.2 Å². The van der Waals surface area contributed by atoms with Crippen molar-refractivity contribution in [3.05, 3.63) is 36.7 Å². The van der Waals surface area contributed by atoms with E-state index in [1.165, 1.54) is 12.8 Å². The molecular formula is C21H26N8. The van der Waals surface area contributed by atoms with Gasteiger partial charge in [0.05, 0.1) is 17.2 Å². The van der Waals surface area contributed by atoms with Crippen molar-refractivity contribution in [2.75, 3.05) is 19.4 Å². The Hall–Kier alpha value is -3.00. The first-order chi connectivity index (χ1) is 14.1. The third-order valence-corrected chi connectivity index (χ3v) is 6.10. The molecular weight excluding hydrogens is 364 g/mol. The van der Waals surface area contributed by atoms with Crippen LogP contribution in [0, 0.1) is 0 Å². The number of aromatic nitrogens is 6. The van der Waals surface area contributed by atoms with Gasteiger partial charge in [-0.05, 0) is 63.5 Å². The SMILES string of the molecule is CN(C)C1CCC(Nc2ncc3c(-c4ccc5nnn(C)c5c4)ccn3n2)CC1. The molecule has 3 aromatic heterocycles. The Morgan fingerprint density at radius 2 is 1.90 bits per heavy atom. The molecule has 4 aromatic rings. The highest BCUT2D eigenvalue weighted by Crippen LogP contribution is 2.28. The van der Waals surface area contributed by atoms with Gasteiger partial charge in [0.2, 0.25) is 5.95 Å². The highest BCUT2D eigenvalue weighted by atomic mass is 15.4. The van der Waals surface area contributed by atoms with Crippen LogP contribution in [-0.2, 0) is 7.05 Å². The fourth-order valence-corrected chi connectivity index (χ4v) is 4.33. The van der Waals surface area contributed by atoms with Crippen molar-refractivity contribution < 1.29 is 0 Å². The fraction of sp³-hybridized carbons (Fsp3) is 0.429. The number of anilines is 1. The van der Waals surface area contributed by atoms with Crippen LogP contribution in [0.4, 0.5) is 5.95 Å². The molecule has 5 rings (SSSR count). The Balaban J connectivity index is 1.38. The second-order valence-electron chi connectivity index (χ2n) is 8.17. The van der Waals surface area contributed by atoms with E-state index in [4.69, 9.17) is 5.10 Å². The van der Waals surface area contributed by atoms with E-state index in [9.17, 15) is 0 Å². The maximum Gasteiger partial charge on any atom is 0.241 e. The predicted molar refractivity (Wildman–Crippen MR) is 114 cm³/mol. The number of nitrogens with zero attached hydrogens (tertiary/aromatic N) is 7. The minimum absolute atomic E-state index is 0.443. The lowest BCUT2D eigenvalue weighted by atomic mass is 9.91. The molecule has 1 aromatic carbocycles. The van der Waals surface area contributed by atoms with Gasteiger partial charge in [-0.3, -0.25) is 0 Å². The number of rotatable bonds is 4. The van der Waals surface area contributed by atoms with Crippen molar-refractivity contribution in [3.8, 4) is 11.1 Å². The first-order valence-electron chi connectivity index (χ1n) is 10.2. The molecule has 0 bridgehead atoms. The van der Waals surface area contributed by atoms with Crippen LogP contribution < -0.4 is 5.32 Å². The number of fused-ring (bicyclic) bond motifs is 2. The second-order valence-corrected chi connectivity index (χ2v) is 8.17. The van der Waals surface area contributed by atoms with Gasteiger partial charge in [-0.2, -0.15) is 0 Å². The van der Waals surface area contributed by atoms with Gasteiger partial charge in [-0.1, -0.05) is 11.3 Å². The highest BCUT2D eigenvalue weighted by molar-refractivity contribution is 5.87. The summed E-state index contributed by atoms with van der Waals surface area (Å²) in [7, 11) is 6.24. The van der Waals surface area contributed by atoms with Crippen molar-refractivity contribution >= 4 is 22.5 Å². The number of aryl methyl sites for hydroxylation is 1. The average molecular weight is 390 g/mol. The number of nitrogens with one attached hydrogen (secondary N) is 1. The van der Waals surface area contributed by atoms with Crippen LogP contribution in [0.15, 0.2) is 36.7 Å². The lowest BCUT2D eigenvalue weighted by molar-refractivity contribution is 0.221. The molecule has 8 nitrogen and oxygen atoms in total. The molecule has 1 aliphatic carbocycles. The van der Waals surface area contributed by atoms with Gasteiger partial charge < -0.3 is 10.2 Å². The van der Waals surface area contributed by atoms with E-state index in [1.807, 2.05) is 30.0 Å². The van der Waals surface area contributed by atoms with Crippen molar-refractivity contribution in [1.29, 1.82) is 0 Å². The quantitative estimate of drug-likeness (QED) is 0.577. The first kappa shape index (κ1) is 18.1. The molecule has 1 N–H and O–H groups in total. The normalized spacial score (nSPS) is 20.0. The van der Waals surface area contributed by atoms with Gasteiger partial charge in [0.25, 0.3) is 0 Å². The summed E-state index contributed by atoms with van der Waals surface area (Å²) in [5.41, 5.74) is 5.10. The minimum atomic E-state index is 0.443. The van der Waals surface area contributed by atoms with E-state index in [0.717, 1.165) is 40.5 Å². The van der Waals surface area contributed by atoms with Gasteiger partial charge in [0.15, 0.2) is 0 Å². The summed E-state index contributed by atoms with van der Waals surface area (Å²) in [6, 6.07) is 9.40. The summed E-state index contributed by atoms with van der Waals surface area (Å²) in [6.45, 7) is 0. The number of benzene rings is 1. The summed E-state index contributed by atoms with van der Waals surface area (Å²) in [4.78, 5) is 6.93. The molecule has 0 spiro atoms. The van der Waals surface area contributed by atoms with Crippen LogP contribution in [0.3, 0.4) is 0 Å². The van der Waals surface area contributed by atoms with E-state index in [1.54, 1.807) is 4.68 Å². The molecule has 29 heavy (non-hydrogen) atoms. The lowest BCUT2D eigenvalue weighted by Gasteiger charge is -2.32. The molecule has 1 aliphatic rings. The van der Waals surface area contributed by atoms with Crippen molar-refractivity contribution in [3.63, 3.8) is 0 Å². The molecule has 1 saturated carbocycles. The lowest BCUT2D eigenvalue weighted by Crippen LogP contribution is -2.36. The zero-order valence-corrected chi connectivity index (χ0v) is 17.1. The second kappa shape index (κ2) is 7.11. The molecule has 0 unspecified atom stereocenters. The third kappa shape index (κ3) is 3.33. The standard InChI is InChI=1S/C21H26N8/c1-27(2)16-7-5-15(6-8-16)23-21-22-13-20-17(10-11-29(20)25-21)14-4-9-18-19(12-14)28(3)26-24-18/h4,9-13,15-16H,5-8H2,1-3H3,(H,23,25). The van der Waals surface area contributed by atoms with Gasteiger partial charge >= 0.3 is 0 Å². The van der Waals surface area contributed by atoms with Crippen LogP contribution in [-0.4, -0.2) is 60.7 Å². The Kier molecular flexibility index (Phi) is 4.43. The third-order valence-electron chi connectivity index (χ3n) is 6.10. The van der Waals surface area contributed by atoms with Crippen LogP contribution >= 0.6 is 0 Å². The molecule has 0 saturated heterocycles. The summed E-state index contributed by atoms with van der Waals surface area (Å²) >= 11 is 0. The highest BCUT2D eigenvalue weighted by Gasteiger charge is 2.23. The van der Waals surface area contributed by atoms with Gasteiger partial charge in [0, 0.05) is 30.9 Å². The van der Waals surface area contributed by atoms with E-state index in [0.29, 0.717) is 18.0 Å². The topological polar surface area (TPSA) is 76.2 Å².